The number of hydrogen-bond acceptors (Lipinski definition) is 6. The number of aryl methyl sites for hydroxylation is 2. The predicted molar refractivity (Wildman–Crippen MR) is 105 cm³/mol. The molecule has 8 heteroatoms. The number of carbonyl (C=O) groups excluding carboxylic acids is 1. The van der Waals surface area contributed by atoms with Gasteiger partial charge in [-0.2, -0.15) is 0 Å². The summed E-state index contributed by atoms with van der Waals surface area (Å²) < 4.78 is 4.68. The Morgan fingerprint density at radius 2 is 2.00 bits per heavy atom. The highest BCUT2D eigenvalue weighted by atomic mass is 16.6. The quantitative estimate of drug-likeness (QED) is 0.713. The van der Waals surface area contributed by atoms with E-state index < -0.39 is 0 Å². The number of nitrogens with one attached hydrogen (secondary N) is 1. The van der Waals surface area contributed by atoms with E-state index >= 15 is 0 Å². The number of nitrogens with zero attached hydrogens (tertiary/aromatic N) is 4. The van der Waals surface area contributed by atoms with Crippen LogP contribution >= 0.6 is 0 Å². The van der Waals surface area contributed by atoms with Crippen LogP contribution in [0.3, 0.4) is 0 Å². The molecule has 0 spiro atoms. The Balaban J connectivity index is 1.56. The van der Waals surface area contributed by atoms with E-state index in [0.717, 1.165) is 18.4 Å². The van der Waals surface area contributed by atoms with E-state index in [2.05, 4.69) is 24.9 Å². The summed E-state index contributed by atoms with van der Waals surface area (Å²) in [5.74, 6) is 0.477. The van der Waals surface area contributed by atoms with Gasteiger partial charge in [0.2, 0.25) is 5.91 Å². The van der Waals surface area contributed by atoms with Crippen LogP contribution in [0, 0.1) is 13.8 Å². The van der Waals surface area contributed by atoms with Crippen LogP contribution < -0.4 is 5.56 Å². The number of benzene rings is 1. The van der Waals surface area contributed by atoms with E-state index in [9.17, 15) is 9.59 Å². The van der Waals surface area contributed by atoms with E-state index in [4.69, 9.17) is 0 Å². The summed E-state index contributed by atoms with van der Waals surface area (Å²) in [6, 6.07) is 9.60. The van der Waals surface area contributed by atoms with Crippen molar-refractivity contribution < 1.29 is 9.42 Å². The van der Waals surface area contributed by atoms with Crippen molar-refractivity contribution in [2.24, 2.45) is 0 Å². The average Bonchev–Trinajstić information content (AvgIpc) is 3.35. The maximum absolute atomic E-state index is 12.8. The molecule has 1 aliphatic rings. The first-order chi connectivity index (χ1) is 14.0. The standard InChI is InChI=1S/C21H23N5O3/c1-13-16(11-15-7-4-3-5-8-15)21(28)23-20(22-13)18-9-6-10-26(18)19(27)12-17-14(2)24-29-25-17/h3-5,7-8,18H,6,9-12H2,1-2H3,(H,22,23,28). The molecular weight excluding hydrogens is 370 g/mol. The second kappa shape index (κ2) is 7.98. The summed E-state index contributed by atoms with van der Waals surface area (Å²) in [6.07, 6.45) is 2.28. The Labute approximate surface area is 167 Å². The van der Waals surface area contributed by atoms with E-state index in [1.807, 2.05) is 37.3 Å². The monoisotopic (exact) mass is 393 g/mol. The first-order valence-electron chi connectivity index (χ1n) is 9.74. The van der Waals surface area contributed by atoms with Gasteiger partial charge in [-0.1, -0.05) is 40.6 Å². The zero-order chi connectivity index (χ0) is 20.4. The van der Waals surface area contributed by atoms with E-state index in [-0.39, 0.29) is 23.9 Å². The summed E-state index contributed by atoms with van der Waals surface area (Å²) in [4.78, 5) is 35.0. The summed E-state index contributed by atoms with van der Waals surface area (Å²) in [5, 5.41) is 7.52. The molecule has 2 aromatic heterocycles. The third-order valence-corrected chi connectivity index (χ3v) is 5.42. The zero-order valence-corrected chi connectivity index (χ0v) is 16.5. The second-order valence-corrected chi connectivity index (χ2v) is 7.40. The van der Waals surface area contributed by atoms with Gasteiger partial charge in [0.25, 0.3) is 5.56 Å². The molecule has 1 atom stereocenters. The number of hydrogen-bond donors (Lipinski definition) is 1. The van der Waals surface area contributed by atoms with Gasteiger partial charge in [0.15, 0.2) is 0 Å². The number of aromatic amines is 1. The van der Waals surface area contributed by atoms with Crippen LogP contribution in [-0.2, 0) is 17.6 Å². The molecule has 0 radical (unpaired) electrons. The number of carbonyl (C=O) groups is 1. The minimum absolute atomic E-state index is 0.0695. The van der Waals surface area contributed by atoms with Gasteiger partial charge in [0, 0.05) is 24.2 Å². The first kappa shape index (κ1) is 19.0. The van der Waals surface area contributed by atoms with Crippen LogP contribution in [0.4, 0.5) is 0 Å². The molecule has 1 amide bonds. The van der Waals surface area contributed by atoms with Crippen LogP contribution in [0.2, 0.25) is 0 Å². The highest BCUT2D eigenvalue weighted by molar-refractivity contribution is 5.79. The number of aromatic nitrogens is 4. The maximum Gasteiger partial charge on any atom is 0.254 e. The van der Waals surface area contributed by atoms with Gasteiger partial charge in [-0.3, -0.25) is 9.59 Å². The largest absolute Gasteiger partial charge is 0.332 e. The summed E-state index contributed by atoms with van der Waals surface area (Å²) in [6.45, 7) is 4.24. The lowest BCUT2D eigenvalue weighted by Crippen LogP contribution is -2.34. The van der Waals surface area contributed by atoms with E-state index in [1.54, 1.807) is 11.8 Å². The second-order valence-electron chi connectivity index (χ2n) is 7.40. The third kappa shape index (κ3) is 3.96. The van der Waals surface area contributed by atoms with Gasteiger partial charge in [0.1, 0.15) is 17.2 Å². The van der Waals surface area contributed by atoms with Gasteiger partial charge in [0.05, 0.1) is 12.5 Å². The first-order valence-corrected chi connectivity index (χ1v) is 9.74. The van der Waals surface area contributed by atoms with Crippen LogP contribution in [-0.4, -0.2) is 37.6 Å². The molecule has 4 rings (SSSR count). The molecule has 8 nitrogen and oxygen atoms in total. The Hall–Kier alpha value is -3.29. The molecule has 29 heavy (non-hydrogen) atoms. The Morgan fingerprint density at radius 3 is 2.69 bits per heavy atom. The summed E-state index contributed by atoms with van der Waals surface area (Å²) in [5.41, 5.74) is 3.42. The Kier molecular flexibility index (Phi) is 5.24. The van der Waals surface area contributed by atoms with Crippen LogP contribution in [0.25, 0.3) is 0 Å². The highest BCUT2D eigenvalue weighted by Crippen LogP contribution is 2.30. The van der Waals surface area contributed by atoms with Crippen molar-refractivity contribution >= 4 is 5.91 Å². The van der Waals surface area contributed by atoms with Crippen molar-refractivity contribution in [2.75, 3.05) is 6.54 Å². The van der Waals surface area contributed by atoms with Crippen molar-refractivity contribution in [1.29, 1.82) is 0 Å². The molecule has 3 aromatic rings. The lowest BCUT2D eigenvalue weighted by molar-refractivity contribution is -0.131. The van der Waals surface area contributed by atoms with Gasteiger partial charge in [-0.25, -0.2) is 9.61 Å². The number of rotatable bonds is 5. The maximum atomic E-state index is 12.8. The van der Waals surface area contributed by atoms with Crippen molar-refractivity contribution in [3.05, 3.63) is 74.7 Å². The molecule has 0 saturated carbocycles. The molecule has 0 aliphatic carbocycles. The van der Waals surface area contributed by atoms with Crippen LogP contribution in [0.15, 0.2) is 39.8 Å². The van der Waals surface area contributed by atoms with Crippen LogP contribution in [0.1, 0.15) is 52.9 Å². The molecule has 1 aliphatic heterocycles. The van der Waals surface area contributed by atoms with Gasteiger partial charge in [-0.05, 0) is 32.3 Å². The topological polar surface area (TPSA) is 105 Å². The molecule has 1 aromatic carbocycles. The molecule has 1 unspecified atom stereocenters. The smallest absolute Gasteiger partial charge is 0.254 e. The third-order valence-electron chi connectivity index (χ3n) is 5.42. The number of H-pyrrole nitrogens is 1. The molecule has 150 valence electrons. The number of likely N-dealkylation sites (tertiary alicyclic amines) is 1. The predicted octanol–water partition coefficient (Wildman–Crippen LogP) is 2.27. The fourth-order valence-electron chi connectivity index (χ4n) is 3.80. The minimum atomic E-state index is -0.236. The van der Waals surface area contributed by atoms with Crippen molar-refractivity contribution in [3.63, 3.8) is 0 Å². The molecule has 1 N–H and O–H groups in total. The number of amides is 1. The Bertz CT molecular complexity index is 1070. The Morgan fingerprint density at radius 1 is 1.21 bits per heavy atom. The summed E-state index contributed by atoms with van der Waals surface area (Å²) in [7, 11) is 0. The fraction of sp³-hybridized carbons (Fsp3) is 0.381. The van der Waals surface area contributed by atoms with Crippen LogP contribution in [0.5, 0.6) is 0 Å². The SMILES string of the molecule is Cc1nonc1CC(=O)N1CCCC1c1nc(C)c(Cc2ccccc2)c(=O)[nH]1. The molecule has 1 saturated heterocycles. The summed E-state index contributed by atoms with van der Waals surface area (Å²) >= 11 is 0. The van der Waals surface area contributed by atoms with Crippen molar-refractivity contribution in [3.8, 4) is 0 Å². The molecule has 3 heterocycles. The van der Waals surface area contributed by atoms with E-state index in [0.29, 0.717) is 41.4 Å². The van der Waals surface area contributed by atoms with E-state index in [1.165, 1.54) is 0 Å². The van der Waals surface area contributed by atoms with Gasteiger partial charge >= 0.3 is 0 Å². The normalized spacial score (nSPS) is 16.3. The minimum Gasteiger partial charge on any atom is -0.332 e. The fourth-order valence-corrected chi connectivity index (χ4v) is 3.80. The van der Waals surface area contributed by atoms with Gasteiger partial charge in [-0.15, -0.1) is 0 Å². The lowest BCUT2D eigenvalue weighted by atomic mass is 10.0. The molecule has 0 bridgehead atoms. The molecule has 1 fully saturated rings. The molecular formula is C21H23N5O3. The van der Waals surface area contributed by atoms with Gasteiger partial charge < -0.3 is 9.88 Å². The average molecular weight is 393 g/mol. The van der Waals surface area contributed by atoms with Crippen molar-refractivity contribution in [1.82, 2.24) is 25.2 Å². The zero-order valence-electron chi connectivity index (χ0n) is 16.5. The van der Waals surface area contributed by atoms with Crippen molar-refractivity contribution in [2.45, 2.75) is 45.6 Å². The highest BCUT2D eigenvalue weighted by Gasteiger charge is 2.32. The lowest BCUT2D eigenvalue weighted by Gasteiger charge is -2.24.